The second kappa shape index (κ2) is 5.43. The van der Waals surface area contributed by atoms with Crippen molar-refractivity contribution >= 4 is 44.9 Å². The number of halogens is 2. The predicted octanol–water partition coefficient (Wildman–Crippen LogP) is 2.47. The van der Waals surface area contributed by atoms with Crippen LogP contribution in [0.1, 0.15) is 5.69 Å². The van der Waals surface area contributed by atoms with Crippen molar-refractivity contribution in [3.63, 3.8) is 0 Å². The Hall–Kier alpha value is -1.57. The topological polar surface area (TPSA) is 98.0 Å². The summed E-state index contributed by atoms with van der Waals surface area (Å²) in [6.07, 6.45) is 0. The zero-order valence-corrected chi connectivity index (χ0v) is 12.6. The lowest BCUT2D eigenvalue weighted by atomic mass is 10.3. The van der Waals surface area contributed by atoms with E-state index >= 15 is 0 Å². The molecule has 1 aromatic heterocycles. The highest BCUT2D eigenvalue weighted by molar-refractivity contribution is 7.92. The van der Waals surface area contributed by atoms with Crippen molar-refractivity contribution in [2.45, 2.75) is 11.8 Å². The number of rotatable bonds is 3. The molecule has 0 atom stereocenters. The lowest BCUT2D eigenvalue weighted by Gasteiger charge is -2.09. The Morgan fingerprint density at radius 3 is 2.55 bits per heavy atom. The Morgan fingerprint density at radius 1 is 1.20 bits per heavy atom. The highest BCUT2D eigenvalue weighted by Crippen LogP contribution is 2.25. The Balaban J connectivity index is 2.43. The van der Waals surface area contributed by atoms with E-state index in [1.165, 1.54) is 24.3 Å². The molecule has 1 heterocycles. The molecule has 0 radical (unpaired) electrons. The Bertz CT molecular complexity index is 745. The molecule has 0 aliphatic heterocycles. The molecular formula is C11H10Cl2N4O2S. The number of hydrogen-bond acceptors (Lipinski definition) is 5. The normalized spacial score (nSPS) is 11.3. The molecule has 20 heavy (non-hydrogen) atoms. The first-order chi connectivity index (χ1) is 9.28. The van der Waals surface area contributed by atoms with Gasteiger partial charge in [0.05, 0.1) is 5.02 Å². The number of aromatic nitrogens is 2. The van der Waals surface area contributed by atoms with Gasteiger partial charge in [0.25, 0.3) is 10.0 Å². The smallest absolute Gasteiger partial charge is 0.265 e. The largest absolute Gasteiger partial charge is 0.399 e. The molecule has 0 saturated heterocycles. The third kappa shape index (κ3) is 3.30. The van der Waals surface area contributed by atoms with Gasteiger partial charge in [-0.1, -0.05) is 23.2 Å². The highest BCUT2D eigenvalue weighted by Gasteiger charge is 2.20. The van der Waals surface area contributed by atoms with E-state index in [-0.39, 0.29) is 26.7 Å². The zero-order valence-electron chi connectivity index (χ0n) is 10.3. The predicted molar refractivity (Wildman–Crippen MR) is 78.5 cm³/mol. The summed E-state index contributed by atoms with van der Waals surface area (Å²) in [5.41, 5.74) is 6.37. The van der Waals surface area contributed by atoms with Crippen LogP contribution in [-0.2, 0) is 10.0 Å². The molecule has 0 aliphatic rings. The zero-order chi connectivity index (χ0) is 14.9. The van der Waals surface area contributed by atoms with E-state index in [1.807, 2.05) is 0 Å². The molecule has 2 aromatic rings. The van der Waals surface area contributed by atoms with E-state index in [0.717, 1.165) is 0 Å². The average molecular weight is 333 g/mol. The van der Waals surface area contributed by atoms with Crippen LogP contribution in [-0.4, -0.2) is 18.4 Å². The molecule has 106 valence electrons. The Morgan fingerprint density at radius 2 is 1.90 bits per heavy atom. The number of nitrogen functional groups attached to an aromatic ring is 1. The van der Waals surface area contributed by atoms with Crippen LogP contribution in [0.5, 0.6) is 0 Å². The first kappa shape index (κ1) is 14.8. The van der Waals surface area contributed by atoms with Crippen LogP contribution in [0.15, 0.2) is 29.2 Å². The molecule has 0 unspecified atom stereocenters. The summed E-state index contributed by atoms with van der Waals surface area (Å²) in [6.45, 7) is 1.67. The van der Waals surface area contributed by atoms with E-state index < -0.39 is 10.0 Å². The molecular weight excluding hydrogens is 323 g/mol. The molecule has 2 rings (SSSR count). The second-order valence-electron chi connectivity index (χ2n) is 3.95. The summed E-state index contributed by atoms with van der Waals surface area (Å²) in [4.78, 5) is 7.57. The molecule has 3 N–H and O–H groups in total. The lowest BCUT2D eigenvalue weighted by Crippen LogP contribution is -2.16. The first-order valence-corrected chi connectivity index (χ1v) is 7.61. The minimum atomic E-state index is -3.95. The van der Waals surface area contributed by atoms with Gasteiger partial charge in [-0.3, -0.25) is 0 Å². The van der Waals surface area contributed by atoms with Crippen molar-refractivity contribution < 1.29 is 8.42 Å². The van der Waals surface area contributed by atoms with Crippen LogP contribution in [0.4, 0.5) is 11.6 Å². The summed E-state index contributed by atoms with van der Waals surface area (Å²) in [6, 6.07) is 5.66. The van der Waals surface area contributed by atoms with Crippen LogP contribution >= 0.6 is 23.2 Å². The third-order valence-corrected chi connectivity index (χ3v) is 4.30. The third-order valence-electron chi connectivity index (χ3n) is 2.29. The molecule has 0 amide bonds. The van der Waals surface area contributed by atoms with E-state index in [4.69, 9.17) is 28.9 Å². The van der Waals surface area contributed by atoms with E-state index in [9.17, 15) is 8.42 Å². The first-order valence-electron chi connectivity index (χ1n) is 5.37. The van der Waals surface area contributed by atoms with E-state index in [0.29, 0.717) is 5.69 Å². The summed E-state index contributed by atoms with van der Waals surface area (Å²) >= 11 is 11.6. The highest BCUT2D eigenvalue weighted by atomic mass is 35.5. The van der Waals surface area contributed by atoms with Crippen molar-refractivity contribution in [2.75, 3.05) is 10.5 Å². The molecule has 0 fully saturated rings. The van der Waals surface area contributed by atoms with Gasteiger partial charge in [0.15, 0.2) is 0 Å². The summed E-state index contributed by atoms with van der Waals surface area (Å²) in [5.74, 6) is -0.131. The molecule has 9 heteroatoms. The Labute approximate surface area is 126 Å². The van der Waals surface area contributed by atoms with Gasteiger partial charge in [0.2, 0.25) is 5.95 Å². The molecule has 1 aromatic carbocycles. The number of hydrogen-bond donors (Lipinski definition) is 2. The lowest BCUT2D eigenvalue weighted by molar-refractivity contribution is 0.601. The number of aryl methyl sites for hydroxylation is 1. The quantitative estimate of drug-likeness (QED) is 0.664. The fourth-order valence-corrected chi connectivity index (χ4v) is 3.19. The van der Waals surface area contributed by atoms with Crippen LogP contribution in [0.25, 0.3) is 0 Å². The fraction of sp³-hybridized carbons (Fsp3) is 0.0909. The molecule has 6 nitrogen and oxygen atoms in total. The van der Waals surface area contributed by atoms with Gasteiger partial charge < -0.3 is 5.73 Å². The number of sulfonamides is 1. The molecule has 0 saturated carbocycles. The summed E-state index contributed by atoms with van der Waals surface area (Å²) in [5, 5.41) is 0.180. The van der Waals surface area contributed by atoms with Crippen molar-refractivity contribution in [3.8, 4) is 0 Å². The van der Waals surface area contributed by atoms with Gasteiger partial charge in [-0.25, -0.2) is 23.1 Å². The van der Waals surface area contributed by atoms with Crippen molar-refractivity contribution in [2.24, 2.45) is 0 Å². The molecule has 0 spiro atoms. The molecule has 0 bridgehead atoms. The summed E-state index contributed by atoms with van der Waals surface area (Å²) in [7, 11) is -3.95. The van der Waals surface area contributed by atoms with Crippen molar-refractivity contribution in [1.29, 1.82) is 0 Å². The second-order valence-corrected chi connectivity index (χ2v) is 6.40. The Kier molecular flexibility index (Phi) is 4.03. The van der Waals surface area contributed by atoms with Gasteiger partial charge >= 0.3 is 0 Å². The number of nitrogens with zero attached hydrogens (tertiary/aromatic N) is 2. The maximum absolute atomic E-state index is 12.2. The van der Waals surface area contributed by atoms with Crippen molar-refractivity contribution in [3.05, 3.63) is 40.1 Å². The van der Waals surface area contributed by atoms with Crippen molar-refractivity contribution in [1.82, 2.24) is 9.97 Å². The number of anilines is 2. The van der Waals surface area contributed by atoms with Crippen LogP contribution < -0.4 is 10.5 Å². The van der Waals surface area contributed by atoms with Gasteiger partial charge in [0.1, 0.15) is 10.0 Å². The summed E-state index contributed by atoms with van der Waals surface area (Å²) < 4.78 is 26.7. The minimum absolute atomic E-state index is 0.0467. The SMILES string of the molecule is Cc1cc(Cl)nc(NS(=O)(=O)c2cc(N)ccc2Cl)n1. The van der Waals surface area contributed by atoms with E-state index in [2.05, 4.69) is 14.7 Å². The van der Waals surface area contributed by atoms with Gasteiger partial charge in [0, 0.05) is 11.4 Å². The van der Waals surface area contributed by atoms with Crippen LogP contribution in [0.3, 0.4) is 0 Å². The fourth-order valence-electron chi connectivity index (χ4n) is 1.48. The van der Waals surface area contributed by atoms with E-state index in [1.54, 1.807) is 6.92 Å². The minimum Gasteiger partial charge on any atom is -0.399 e. The maximum atomic E-state index is 12.2. The number of nitrogens with two attached hydrogens (primary N) is 1. The number of nitrogens with one attached hydrogen (secondary N) is 1. The number of benzene rings is 1. The van der Waals surface area contributed by atoms with Gasteiger partial charge in [-0.05, 0) is 31.2 Å². The van der Waals surface area contributed by atoms with Crippen LogP contribution in [0.2, 0.25) is 10.2 Å². The average Bonchev–Trinajstić information content (AvgIpc) is 2.30. The van der Waals surface area contributed by atoms with Crippen LogP contribution in [0, 0.1) is 6.92 Å². The molecule has 0 aliphatic carbocycles. The standard InChI is InChI=1S/C11H10Cl2N4O2S/c1-6-4-10(13)16-11(15-6)17-20(18,19)9-5-7(14)2-3-8(9)12/h2-5H,14H2,1H3,(H,15,16,17). The maximum Gasteiger partial charge on any atom is 0.265 e. The monoisotopic (exact) mass is 332 g/mol. The van der Waals surface area contributed by atoms with Gasteiger partial charge in [-0.15, -0.1) is 0 Å². The van der Waals surface area contributed by atoms with Gasteiger partial charge in [-0.2, -0.15) is 0 Å².